The molecule has 0 saturated heterocycles. The van der Waals surface area contributed by atoms with E-state index in [9.17, 15) is 0 Å². The molecular weight excluding hydrogens is 177 g/mol. The van der Waals surface area contributed by atoms with E-state index in [4.69, 9.17) is 9.90 Å². The molecular formula is CHCsO2. The van der Waals surface area contributed by atoms with Gasteiger partial charge in [-0.1, -0.05) is 0 Å². The van der Waals surface area contributed by atoms with Crippen LogP contribution in [0.5, 0.6) is 0 Å². The molecule has 4 heavy (non-hydrogen) atoms. The molecule has 0 heterocycles. The van der Waals surface area contributed by atoms with E-state index in [0.29, 0.717) is 0 Å². The first-order chi connectivity index (χ1) is 1.41. The topological polar surface area (TPSA) is 40.1 Å². The second-order valence-electron chi connectivity index (χ2n) is 0.0962. The quantitative estimate of drug-likeness (QED) is 0.350. The third kappa shape index (κ3) is 9.67. The molecule has 0 amide bonds. The first-order valence-corrected chi connectivity index (χ1v) is 0.471. The van der Waals surface area contributed by atoms with Crippen molar-refractivity contribution in [2.24, 2.45) is 0 Å². The van der Waals surface area contributed by atoms with Crippen molar-refractivity contribution in [2.75, 3.05) is 0 Å². The van der Waals surface area contributed by atoms with Crippen LogP contribution in [0.3, 0.4) is 0 Å². The summed E-state index contributed by atoms with van der Waals surface area (Å²) in [5.41, 5.74) is 0. The van der Waals surface area contributed by atoms with Crippen LogP contribution in [0.4, 0.5) is 0 Å². The van der Waals surface area contributed by atoms with Gasteiger partial charge in [0.05, 0.1) is 0 Å². The van der Waals surface area contributed by atoms with Crippen LogP contribution in [0, 0.1) is 0 Å². The SMILES string of the molecule is O=C[O-].[Cs+]. The predicted octanol–water partition coefficient (Wildman–Crippen LogP) is -4.63. The van der Waals surface area contributed by atoms with Crippen molar-refractivity contribution in [3.05, 3.63) is 0 Å². The van der Waals surface area contributed by atoms with E-state index >= 15 is 0 Å². The van der Waals surface area contributed by atoms with E-state index in [1.165, 1.54) is 0 Å². The maximum Gasteiger partial charge on any atom is 1.00 e. The fourth-order valence-electron chi connectivity index (χ4n) is 0. The van der Waals surface area contributed by atoms with Gasteiger partial charge in [0, 0.05) is 6.47 Å². The van der Waals surface area contributed by atoms with Gasteiger partial charge in [0.25, 0.3) is 0 Å². The van der Waals surface area contributed by atoms with E-state index in [1.807, 2.05) is 0 Å². The Kier molecular flexibility index (Phi) is 20.1. The van der Waals surface area contributed by atoms with Crippen LogP contribution >= 0.6 is 0 Å². The number of carboxylic acid groups (broad SMARTS) is 1. The van der Waals surface area contributed by atoms with Crippen molar-refractivity contribution in [3.8, 4) is 0 Å². The first kappa shape index (κ1) is 9.10. The molecule has 18 valence electrons. The van der Waals surface area contributed by atoms with E-state index in [0.717, 1.165) is 0 Å². The number of rotatable bonds is 0. The van der Waals surface area contributed by atoms with Gasteiger partial charge in [-0.3, -0.25) is 0 Å². The zero-order valence-corrected chi connectivity index (χ0v) is 8.67. The van der Waals surface area contributed by atoms with Crippen molar-refractivity contribution >= 4 is 6.47 Å². The second kappa shape index (κ2) is 8.82. The van der Waals surface area contributed by atoms with Crippen LogP contribution in [0.2, 0.25) is 0 Å². The molecule has 0 aliphatic carbocycles. The van der Waals surface area contributed by atoms with Crippen LogP contribution < -0.4 is 74.0 Å². The standard InChI is InChI=1S/CH2O2.Cs/c2-1-3;/h1H,(H,2,3);/q;+1/p-1. The Morgan fingerprint density at radius 2 is 1.75 bits per heavy atom. The maximum atomic E-state index is 8.25. The normalized spacial score (nSPS) is 3.00. The Bertz CT molecular complexity index is 13.5. The van der Waals surface area contributed by atoms with Gasteiger partial charge in [-0.2, -0.15) is 0 Å². The number of hydrogen-bond donors (Lipinski definition) is 0. The first-order valence-electron chi connectivity index (χ1n) is 0.471. The smallest absolute Gasteiger partial charge is 0.554 e. The molecule has 0 bridgehead atoms. The fourth-order valence-corrected chi connectivity index (χ4v) is 0. The molecule has 0 aromatic carbocycles. The molecule has 0 unspecified atom stereocenters. The minimum absolute atomic E-state index is 0. The van der Waals surface area contributed by atoms with E-state index < -0.39 is 6.47 Å². The number of hydrogen-bond acceptors (Lipinski definition) is 2. The summed E-state index contributed by atoms with van der Waals surface area (Å²) in [6.07, 6.45) is 0. The van der Waals surface area contributed by atoms with Crippen molar-refractivity contribution in [1.29, 1.82) is 0 Å². The second-order valence-corrected chi connectivity index (χ2v) is 0.0962. The Labute approximate surface area is 83.0 Å². The zero-order chi connectivity index (χ0) is 2.71. The van der Waals surface area contributed by atoms with Crippen molar-refractivity contribution in [3.63, 3.8) is 0 Å². The summed E-state index contributed by atoms with van der Waals surface area (Å²) in [4.78, 5) is 8.25. The summed E-state index contributed by atoms with van der Waals surface area (Å²) in [6, 6.07) is 0. The number of carbonyl (C=O) groups excluding carboxylic acids is 1. The van der Waals surface area contributed by atoms with Gasteiger partial charge in [-0.25, -0.2) is 0 Å². The summed E-state index contributed by atoms with van der Waals surface area (Å²) < 4.78 is 0. The van der Waals surface area contributed by atoms with Gasteiger partial charge < -0.3 is 9.90 Å². The van der Waals surface area contributed by atoms with Crippen LogP contribution in [-0.2, 0) is 4.79 Å². The third-order valence-corrected chi connectivity index (χ3v) is 0. The Hall–Kier alpha value is 1.52. The van der Waals surface area contributed by atoms with Crippen molar-refractivity contribution in [2.45, 2.75) is 0 Å². The van der Waals surface area contributed by atoms with Crippen LogP contribution in [0.25, 0.3) is 0 Å². The Morgan fingerprint density at radius 1 is 1.75 bits per heavy atom. The molecule has 0 aliphatic rings. The fraction of sp³-hybridized carbons (Fsp3) is 0. The van der Waals surface area contributed by atoms with E-state index in [2.05, 4.69) is 0 Å². The Balaban J connectivity index is 0. The van der Waals surface area contributed by atoms with Crippen LogP contribution in [0.1, 0.15) is 0 Å². The minimum Gasteiger partial charge on any atom is -0.554 e. The van der Waals surface area contributed by atoms with Crippen molar-refractivity contribution < 1.29 is 78.8 Å². The summed E-state index contributed by atoms with van der Waals surface area (Å²) in [6.45, 7) is -0.500. The molecule has 3 heteroatoms. The molecule has 0 spiro atoms. The summed E-state index contributed by atoms with van der Waals surface area (Å²) in [5, 5.41) is 8.25. The summed E-state index contributed by atoms with van der Waals surface area (Å²) in [5.74, 6) is 0. The average Bonchev–Trinajstić information content (AvgIpc) is 0.918. The van der Waals surface area contributed by atoms with Crippen molar-refractivity contribution in [1.82, 2.24) is 0 Å². The van der Waals surface area contributed by atoms with Gasteiger partial charge in [0.1, 0.15) is 0 Å². The van der Waals surface area contributed by atoms with Crippen LogP contribution in [-0.4, -0.2) is 6.47 Å². The minimum atomic E-state index is -0.500. The molecule has 0 N–H and O–H groups in total. The molecule has 0 aliphatic heterocycles. The molecule has 0 fully saturated rings. The van der Waals surface area contributed by atoms with Crippen LogP contribution in [0.15, 0.2) is 0 Å². The molecule has 0 radical (unpaired) electrons. The maximum absolute atomic E-state index is 8.25. The summed E-state index contributed by atoms with van der Waals surface area (Å²) in [7, 11) is 0. The van der Waals surface area contributed by atoms with Gasteiger partial charge in [-0.05, 0) is 0 Å². The van der Waals surface area contributed by atoms with Gasteiger partial charge in [0.2, 0.25) is 0 Å². The average molecular weight is 178 g/mol. The zero-order valence-electron chi connectivity index (χ0n) is 2.39. The largest absolute Gasteiger partial charge is 1.00 e. The molecule has 0 aromatic rings. The predicted molar refractivity (Wildman–Crippen MR) is 6.06 cm³/mol. The van der Waals surface area contributed by atoms with Gasteiger partial charge in [0.15, 0.2) is 0 Å². The molecule has 0 atom stereocenters. The molecule has 0 saturated carbocycles. The van der Waals surface area contributed by atoms with Gasteiger partial charge >= 0.3 is 68.9 Å². The van der Waals surface area contributed by atoms with E-state index in [1.54, 1.807) is 0 Å². The Morgan fingerprint density at radius 3 is 1.75 bits per heavy atom. The van der Waals surface area contributed by atoms with Gasteiger partial charge in [-0.15, -0.1) is 0 Å². The molecule has 2 nitrogen and oxygen atoms in total. The summed E-state index contributed by atoms with van der Waals surface area (Å²) >= 11 is 0. The third-order valence-electron chi connectivity index (χ3n) is 0. The number of carbonyl (C=O) groups is 1. The molecule has 0 aromatic heterocycles. The van der Waals surface area contributed by atoms with E-state index in [-0.39, 0.29) is 68.9 Å². The monoisotopic (exact) mass is 178 g/mol. The molecule has 0 rings (SSSR count).